The number of carbonyl (C=O) groups excluding carboxylic acids is 2. The zero-order valence-electron chi connectivity index (χ0n) is 18.7. The molecule has 4 atom stereocenters. The highest BCUT2D eigenvalue weighted by atomic mass is 19.1. The van der Waals surface area contributed by atoms with Crippen molar-refractivity contribution in [1.82, 2.24) is 14.8 Å². The van der Waals surface area contributed by atoms with Gasteiger partial charge in [-0.05, 0) is 37.6 Å². The number of pyridine rings is 1. The number of aliphatic hydroxyl groups is 1. The van der Waals surface area contributed by atoms with Crippen LogP contribution in [0.2, 0.25) is 0 Å². The third kappa shape index (κ3) is 3.78. The Hall–Kier alpha value is -3.26. The standard InChI is InChI=1S/C25H28FN3O4/c1-3-7-15-10-11-19-22-21(23(31)27-12-4-2)17(14-30)20(13-28(19)24(15)32)29(22)25(33)16-8-5-6-9-18(16)26/h3,5-11,17,20-22,30H,4,12-14H2,1-2H3,(H,27,31)/b7-3+/t17-,20-,21+,22+/m1/s1. The number of rotatable bonds is 6. The van der Waals surface area contributed by atoms with E-state index in [1.165, 1.54) is 23.1 Å². The number of hydrogen-bond acceptors (Lipinski definition) is 4. The first-order chi connectivity index (χ1) is 15.9. The molecule has 3 heterocycles. The van der Waals surface area contributed by atoms with Gasteiger partial charge in [0.2, 0.25) is 5.91 Å². The SMILES string of the molecule is C/C=C/c1ccc2n(c1=O)C[C@@H]1[C@@H](CO)[C@H](C(=O)NCCC)[C@H]2N1C(=O)c1ccccc1F. The minimum absolute atomic E-state index is 0.0971. The topological polar surface area (TPSA) is 91.6 Å². The van der Waals surface area contributed by atoms with Gasteiger partial charge in [-0.2, -0.15) is 0 Å². The minimum atomic E-state index is -0.794. The molecule has 1 aromatic heterocycles. The summed E-state index contributed by atoms with van der Waals surface area (Å²) in [4.78, 5) is 41.4. The zero-order chi connectivity index (χ0) is 23.7. The summed E-state index contributed by atoms with van der Waals surface area (Å²) in [5, 5.41) is 13.2. The summed E-state index contributed by atoms with van der Waals surface area (Å²) in [6.07, 6.45) is 4.22. The normalized spacial score (nSPS) is 23.6. The molecule has 2 aliphatic heterocycles. The van der Waals surface area contributed by atoms with Crippen LogP contribution in [-0.2, 0) is 11.3 Å². The van der Waals surface area contributed by atoms with Crippen LogP contribution in [0.3, 0.4) is 0 Å². The van der Waals surface area contributed by atoms with E-state index >= 15 is 0 Å². The van der Waals surface area contributed by atoms with Crippen molar-refractivity contribution in [2.75, 3.05) is 13.2 Å². The maximum Gasteiger partial charge on any atom is 0.258 e. The third-order valence-electron chi connectivity index (χ3n) is 6.61. The monoisotopic (exact) mass is 453 g/mol. The number of amides is 2. The fourth-order valence-electron chi connectivity index (χ4n) is 5.15. The quantitative estimate of drug-likeness (QED) is 0.703. The second kappa shape index (κ2) is 9.31. The van der Waals surface area contributed by atoms with Crippen LogP contribution >= 0.6 is 0 Å². The van der Waals surface area contributed by atoms with Gasteiger partial charge in [-0.15, -0.1) is 0 Å². The predicted molar refractivity (Wildman–Crippen MR) is 122 cm³/mol. The lowest BCUT2D eigenvalue weighted by Gasteiger charge is -2.38. The largest absolute Gasteiger partial charge is 0.396 e. The second-order valence-electron chi connectivity index (χ2n) is 8.50. The molecular formula is C25H28FN3O4. The lowest BCUT2D eigenvalue weighted by atomic mass is 9.86. The summed E-state index contributed by atoms with van der Waals surface area (Å²) < 4.78 is 16.1. The summed E-state index contributed by atoms with van der Waals surface area (Å²) in [6.45, 7) is 4.00. The number of allylic oxidation sites excluding steroid dienone is 1. The number of carbonyl (C=O) groups is 2. The Morgan fingerprint density at radius 2 is 2.00 bits per heavy atom. The van der Waals surface area contributed by atoms with Crippen molar-refractivity contribution in [2.45, 2.75) is 38.9 Å². The molecule has 2 amide bonds. The summed E-state index contributed by atoms with van der Waals surface area (Å²) in [7, 11) is 0. The molecule has 33 heavy (non-hydrogen) atoms. The molecular weight excluding hydrogens is 425 g/mol. The van der Waals surface area contributed by atoms with E-state index in [1.807, 2.05) is 13.8 Å². The van der Waals surface area contributed by atoms with Crippen LogP contribution in [0.4, 0.5) is 4.39 Å². The smallest absolute Gasteiger partial charge is 0.258 e. The van der Waals surface area contributed by atoms with E-state index in [4.69, 9.17) is 0 Å². The predicted octanol–water partition coefficient (Wildman–Crippen LogP) is 2.35. The van der Waals surface area contributed by atoms with Crippen LogP contribution in [0.5, 0.6) is 0 Å². The highest BCUT2D eigenvalue weighted by Gasteiger charge is 2.57. The number of halogens is 1. The Balaban J connectivity index is 1.88. The van der Waals surface area contributed by atoms with Crippen molar-refractivity contribution in [3.8, 4) is 0 Å². The zero-order valence-corrected chi connectivity index (χ0v) is 18.7. The summed E-state index contributed by atoms with van der Waals surface area (Å²) in [5.41, 5.74) is 0.703. The highest BCUT2D eigenvalue weighted by Crippen LogP contribution is 2.49. The molecule has 2 aliphatic rings. The number of aliphatic hydroxyl groups excluding tert-OH is 1. The Morgan fingerprint density at radius 3 is 2.67 bits per heavy atom. The van der Waals surface area contributed by atoms with Gasteiger partial charge in [-0.25, -0.2) is 4.39 Å². The van der Waals surface area contributed by atoms with E-state index in [2.05, 4.69) is 5.32 Å². The Labute approximate surface area is 191 Å². The van der Waals surface area contributed by atoms with Crippen molar-refractivity contribution in [1.29, 1.82) is 0 Å². The number of fused-ring (bicyclic) bond motifs is 4. The van der Waals surface area contributed by atoms with Crippen LogP contribution in [-0.4, -0.2) is 45.6 Å². The van der Waals surface area contributed by atoms with Crippen LogP contribution in [0, 0.1) is 17.7 Å². The van der Waals surface area contributed by atoms with Gasteiger partial charge >= 0.3 is 0 Å². The molecule has 7 nitrogen and oxygen atoms in total. The average molecular weight is 454 g/mol. The van der Waals surface area contributed by atoms with Gasteiger partial charge in [0, 0.05) is 36.9 Å². The molecule has 4 rings (SSSR count). The number of nitrogens with zero attached hydrogens (tertiary/aromatic N) is 2. The molecule has 0 saturated carbocycles. The van der Waals surface area contributed by atoms with Crippen LogP contribution in [0.25, 0.3) is 6.08 Å². The fraction of sp³-hybridized carbons (Fsp3) is 0.400. The van der Waals surface area contributed by atoms with E-state index in [-0.39, 0.29) is 30.2 Å². The molecule has 8 heteroatoms. The maximum atomic E-state index is 14.5. The van der Waals surface area contributed by atoms with Crippen LogP contribution in [0.15, 0.2) is 47.3 Å². The van der Waals surface area contributed by atoms with Crippen molar-refractivity contribution >= 4 is 17.9 Å². The van der Waals surface area contributed by atoms with E-state index in [0.29, 0.717) is 17.8 Å². The van der Waals surface area contributed by atoms with Gasteiger partial charge in [0.25, 0.3) is 11.5 Å². The number of nitrogens with one attached hydrogen (secondary N) is 1. The van der Waals surface area contributed by atoms with Crippen molar-refractivity contribution in [3.05, 3.63) is 75.5 Å². The molecule has 2 aromatic rings. The molecule has 1 fully saturated rings. The number of aromatic nitrogens is 1. The lowest BCUT2D eigenvalue weighted by molar-refractivity contribution is -0.127. The Kier molecular flexibility index (Phi) is 6.47. The van der Waals surface area contributed by atoms with Crippen molar-refractivity contribution in [2.24, 2.45) is 11.8 Å². The van der Waals surface area contributed by atoms with Gasteiger partial charge in [-0.1, -0.05) is 31.2 Å². The summed E-state index contributed by atoms with van der Waals surface area (Å²) in [5.74, 6) is -2.84. The Morgan fingerprint density at radius 1 is 1.24 bits per heavy atom. The molecule has 2 N–H and O–H groups in total. The van der Waals surface area contributed by atoms with E-state index in [1.54, 1.807) is 34.9 Å². The van der Waals surface area contributed by atoms with Gasteiger partial charge in [-0.3, -0.25) is 14.4 Å². The Bertz CT molecular complexity index is 1160. The average Bonchev–Trinajstić information content (AvgIpc) is 3.06. The second-order valence-corrected chi connectivity index (χ2v) is 8.50. The molecule has 1 saturated heterocycles. The lowest BCUT2D eigenvalue weighted by Crippen LogP contribution is -2.49. The molecule has 0 unspecified atom stereocenters. The minimum Gasteiger partial charge on any atom is -0.396 e. The maximum absolute atomic E-state index is 14.5. The van der Waals surface area contributed by atoms with Gasteiger partial charge in [0.1, 0.15) is 5.82 Å². The molecule has 0 radical (unpaired) electrons. The van der Waals surface area contributed by atoms with E-state index < -0.39 is 35.6 Å². The molecule has 1 aromatic carbocycles. The van der Waals surface area contributed by atoms with Gasteiger partial charge < -0.3 is 19.9 Å². The van der Waals surface area contributed by atoms with Gasteiger partial charge in [0.05, 0.1) is 23.6 Å². The van der Waals surface area contributed by atoms with Crippen molar-refractivity contribution < 1.29 is 19.1 Å². The first-order valence-corrected chi connectivity index (χ1v) is 11.3. The molecule has 0 aliphatic carbocycles. The van der Waals surface area contributed by atoms with E-state index in [0.717, 1.165) is 6.42 Å². The summed E-state index contributed by atoms with van der Waals surface area (Å²) >= 11 is 0. The van der Waals surface area contributed by atoms with E-state index in [9.17, 15) is 23.9 Å². The first kappa shape index (κ1) is 22.9. The number of benzene rings is 1. The third-order valence-corrected chi connectivity index (χ3v) is 6.61. The summed E-state index contributed by atoms with van der Waals surface area (Å²) in [6, 6.07) is 7.72. The van der Waals surface area contributed by atoms with Crippen LogP contribution < -0.4 is 10.9 Å². The molecule has 0 spiro atoms. The van der Waals surface area contributed by atoms with Gasteiger partial charge in [0.15, 0.2) is 0 Å². The highest BCUT2D eigenvalue weighted by molar-refractivity contribution is 5.96. The molecule has 174 valence electrons. The number of hydrogen-bond donors (Lipinski definition) is 2. The van der Waals surface area contributed by atoms with Crippen molar-refractivity contribution in [3.63, 3.8) is 0 Å². The first-order valence-electron chi connectivity index (χ1n) is 11.3. The fourth-order valence-corrected chi connectivity index (χ4v) is 5.15. The van der Waals surface area contributed by atoms with Crippen LogP contribution in [0.1, 0.15) is 47.9 Å². The molecule has 2 bridgehead atoms.